The minimum atomic E-state index is -0.285. The van der Waals surface area contributed by atoms with Crippen molar-refractivity contribution in [2.75, 3.05) is 20.2 Å². The maximum absolute atomic E-state index is 12.3. The molecule has 0 aromatic carbocycles. The highest BCUT2D eigenvalue weighted by Crippen LogP contribution is 2.11. The predicted molar refractivity (Wildman–Crippen MR) is 62.3 cm³/mol. The number of rotatable bonds is 3. The van der Waals surface area contributed by atoms with Crippen LogP contribution in [0.5, 0.6) is 0 Å². The molecule has 0 saturated carbocycles. The number of hydrogen-bond donors (Lipinski definition) is 2. The molecule has 2 rings (SSSR count). The molecule has 1 amide bonds. The topological polar surface area (TPSA) is 70.2 Å². The lowest BCUT2D eigenvalue weighted by atomic mass is 10.1. The van der Waals surface area contributed by atoms with E-state index in [0.717, 1.165) is 5.82 Å². The lowest BCUT2D eigenvalue weighted by Gasteiger charge is -2.24. The third kappa shape index (κ3) is 2.65. The Kier molecular flexibility index (Phi) is 3.75. The van der Waals surface area contributed by atoms with E-state index in [-0.39, 0.29) is 18.1 Å². The number of aromatic amines is 1. The van der Waals surface area contributed by atoms with Crippen LogP contribution < -0.4 is 5.32 Å². The Balaban J connectivity index is 2.08. The summed E-state index contributed by atoms with van der Waals surface area (Å²) in [5.41, 5.74) is 0. The van der Waals surface area contributed by atoms with Crippen molar-refractivity contribution in [2.24, 2.45) is 0 Å². The van der Waals surface area contributed by atoms with Crippen molar-refractivity contribution in [2.45, 2.75) is 25.6 Å². The van der Waals surface area contributed by atoms with E-state index >= 15 is 0 Å². The Bertz CT molecular complexity index is 366. The zero-order valence-electron chi connectivity index (χ0n) is 10.1. The Morgan fingerprint density at radius 2 is 2.53 bits per heavy atom. The number of aromatic nitrogens is 2. The van der Waals surface area contributed by atoms with E-state index in [0.29, 0.717) is 19.7 Å². The van der Waals surface area contributed by atoms with Gasteiger partial charge in [-0.15, -0.1) is 0 Å². The second kappa shape index (κ2) is 5.29. The number of H-pyrrole nitrogens is 1. The Hall–Kier alpha value is -1.40. The van der Waals surface area contributed by atoms with Crippen LogP contribution in [0.2, 0.25) is 0 Å². The minimum absolute atomic E-state index is 0.0638. The normalized spacial score (nSPS) is 26.0. The first-order valence-electron chi connectivity index (χ1n) is 5.78. The van der Waals surface area contributed by atoms with Crippen LogP contribution in [0.15, 0.2) is 12.4 Å². The molecule has 94 valence electrons. The summed E-state index contributed by atoms with van der Waals surface area (Å²) in [6.07, 6.45) is 3.34. The van der Waals surface area contributed by atoms with Crippen LogP contribution in [-0.4, -0.2) is 53.1 Å². The molecule has 6 nitrogen and oxygen atoms in total. The van der Waals surface area contributed by atoms with Crippen molar-refractivity contribution in [1.82, 2.24) is 20.2 Å². The summed E-state index contributed by atoms with van der Waals surface area (Å²) in [5.74, 6) is 0.858. The summed E-state index contributed by atoms with van der Waals surface area (Å²) in [6, 6.07) is -0.285. The summed E-state index contributed by atoms with van der Waals surface area (Å²) in [6.45, 7) is 3.57. The second-order valence-corrected chi connectivity index (χ2v) is 4.14. The molecule has 6 heteroatoms. The van der Waals surface area contributed by atoms with Gasteiger partial charge in [-0.3, -0.25) is 4.79 Å². The molecule has 1 aliphatic rings. The van der Waals surface area contributed by atoms with Gasteiger partial charge in [0.1, 0.15) is 11.9 Å². The third-order valence-corrected chi connectivity index (χ3v) is 3.00. The smallest absolute Gasteiger partial charge is 0.242 e. The Morgan fingerprint density at radius 3 is 3.18 bits per heavy atom. The highest BCUT2D eigenvalue weighted by Gasteiger charge is 2.31. The number of ether oxygens (including phenoxy) is 1. The molecule has 1 aromatic rings. The van der Waals surface area contributed by atoms with Crippen LogP contribution in [0.3, 0.4) is 0 Å². The lowest BCUT2D eigenvalue weighted by molar-refractivity contribution is -0.134. The second-order valence-electron chi connectivity index (χ2n) is 4.14. The van der Waals surface area contributed by atoms with Crippen molar-refractivity contribution in [3.63, 3.8) is 0 Å². The molecule has 1 fully saturated rings. The monoisotopic (exact) mass is 238 g/mol. The fourth-order valence-electron chi connectivity index (χ4n) is 2.03. The van der Waals surface area contributed by atoms with E-state index in [2.05, 4.69) is 15.3 Å². The van der Waals surface area contributed by atoms with Crippen LogP contribution in [-0.2, 0) is 16.1 Å². The molecule has 2 unspecified atom stereocenters. The number of nitrogens with zero attached hydrogens (tertiary/aromatic N) is 2. The highest BCUT2D eigenvalue weighted by atomic mass is 16.5. The van der Waals surface area contributed by atoms with Crippen LogP contribution >= 0.6 is 0 Å². The van der Waals surface area contributed by atoms with Crippen LogP contribution in [0.25, 0.3) is 0 Å². The number of carbonyl (C=O) groups excluding carboxylic acids is 1. The Labute approximate surface area is 100 Å². The molecule has 1 saturated heterocycles. The molecule has 17 heavy (non-hydrogen) atoms. The van der Waals surface area contributed by atoms with E-state index in [1.165, 1.54) is 0 Å². The van der Waals surface area contributed by atoms with Gasteiger partial charge in [-0.05, 0) is 14.0 Å². The molecular formula is C11H18N4O2. The minimum Gasteiger partial charge on any atom is -0.374 e. The van der Waals surface area contributed by atoms with Crippen molar-refractivity contribution in [1.29, 1.82) is 0 Å². The van der Waals surface area contributed by atoms with Crippen molar-refractivity contribution in [3.05, 3.63) is 18.2 Å². The first-order valence-corrected chi connectivity index (χ1v) is 5.78. The van der Waals surface area contributed by atoms with Gasteiger partial charge in [-0.1, -0.05) is 0 Å². The van der Waals surface area contributed by atoms with E-state index < -0.39 is 0 Å². The zero-order valence-corrected chi connectivity index (χ0v) is 10.1. The van der Waals surface area contributed by atoms with Crippen LogP contribution in [0.1, 0.15) is 12.7 Å². The van der Waals surface area contributed by atoms with Gasteiger partial charge in [0.15, 0.2) is 0 Å². The summed E-state index contributed by atoms with van der Waals surface area (Å²) < 4.78 is 5.57. The maximum Gasteiger partial charge on any atom is 0.242 e. The van der Waals surface area contributed by atoms with E-state index in [1.807, 2.05) is 6.92 Å². The van der Waals surface area contributed by atoms with Crippen LogP contribution in [0.4, 0.5) is 0 Å². The number of amides is 1. The van der Waals surface area contributed by atoms with E-state index in [1.54, 1.807) is 24.3 Å². The van der Waals surface area contributed by atoms with Crippen molar-refractivity contribution in [3.8, 4) is 0 Å². The maximum atomic E-state index is 12.3. The fraction of sp³-hybridized carbons (Fsp3) is 0.636. The molecular weight excluding hydrogens is 220 g/mol. The summed E-state index contributed by atoms with van der Waals surface area (Å²) >= 11 is 0. The SMILES string of the molecule is CNC1C(=O)N(Cc2ncc[nH]2)CCOC1C. The average molecular weight is 238 g/mol. The van der Waals surface area contributed by atoms with Gasteiger partial charge in [0.05, 0.1) is 19.3 Å². The van der Waals surface area contributed by atoms with Gasteiger partial charge < -0.3 is 19.9 Å². The third-order valence-electron chi connectivity index (χ3n) is 3.00. The number of imidazole rings is 1. The number of carbonyl (C=O) groups is 1. The fourth-order valence-corrected chi connectivity index (χ4v) is 2.03. The average Bonchev–Trinajstić information content (AvgIpc) is 2.76. The van der Waals surface area contributed by atoms with Gasteiger partial charge in [0, 0.05) is 18.9 Å². The zero-order chi connectivity index (χ0) is 12.3. The molecule has 2 heterocycles. The molecule has 0 aliphatic carbocycles. The van der Waals surface area contributed by atoms with Gasteiger partial charge >= 0.3 is 0 Å². The van der Waals surface area contributed by atoms with Crippen molar-refractivity contribution < 1.29 is 9.53 Å². The molecule has 0 bridgehead atoms. The molecule has 0 radical (unpaired) electrons. The quantitative estimate of drug-likeness (QED) is 0.761. The molecule has 1 aromatic heterocycles. The summed E-state index contributed by atoms with van der Waals surface area (Å²) in [5, 5.41) is 3.01. The highest BCUT2D eigenvalue weighted by molar-refractivity contribution is 5.82. The molecule has 0 spiro atoms. The van der Waals surface area contributed by atoms with Gasteiger partial charge in [0.25, 0.3) is 0 Å². The lowest BCUT2D eigenvalue weighted by Crippen LogP contribution is -2.48. The van der Waals surface area contributed by atoms with Gasteiger partial charge in [-0.2, -0.15) is 0 Å². The van der Waals surface area contributed by atoms with E-state index in [9.17, 15) is 4.79 Å². The Morgan fingerprint density at radius 1 is 1.71 bits per heavy atom. The van der Waals surface area contributed by atoms with E-state index in [4.69, 9.17) is 4.74 Å². The first-order chi connectivity index (χ1) is 8.22. The first kappa shape index (κ1) is 12.1. The van der Waals surface area contributed by atoms with Gasteiger partial charge in [0.2, 0.25) is 5.91 Å². The standard InChI is InChI=1S/C11H18N4O2/c1-8-10(12-2)11(16)15(5-6-17-8)7-9-13-3-4-14-9/h3-4,8,10,12H,5-7H2,1-2H3,(H,13,14). The largest absolute Gasteiger partial charge is 0.374 e. The summed E-state index contributed by atoms with van der Waals surface area (Å²) in [4.78, 5) is 21.2. The van der Waals surface area contributed by atoms with Crippen LogP contribution in [0, 0.1) is 0 Å². The molecule has 2 N–H and O–H groups in total. The summed E-state index contributed by atoms with van der Waals surface area (Å²) in [7, 11) is 1.78. The van der Waals surface area contributed by atoms with Crippen molar-refractivity contribution >= 4 is 5.91 Å². The number of hydrogen-bond acceptors (Lipinski definition) is 4. The predicted octanol–water partition coefficient (Wildman–Crippen LogP) is -0.255. The van der Waals surface area contributed by atoms with Gasteiger partial charge in [-0.25, -0.2) is 4.98 Å². The molecule has 2 atom stereocenters. The number of likely N-dealkylation sites (N-methyl/N-ethyl adjacent to an activating group) is 1. The number of nitrogens with one attached hydrogen (secondary N) is 2. The molecule has 1 aliphatic heterocycles.